The molecule has 2 aromatic rings. The summed E-state index contributed by atoms with van der Waals surface area (Å²) in [5.41, 5.74) is 1.78. The molecule has 1 heterocycles. The summed E-state index contributed by atoms with van der Waals surface area (Å²) in [4.78, 5) is 19.9. The van der Waals surface area contributed by atoms with Gasteiger partial charge in [0.1, 0.15) is 5.02 Å². The summed E-state index contributed by atoms with van der Waals surface area (Å²) in [6.07, 6.45) is 5.49. The van der Waals surface area contributed by atoms with Crippen molar-refractivity contribution in [2.45, 2.75) is 19.9 Å². The Labute approximate surface area is 168 Å². The Morgan fingerprint density at radius 1 is 1.29 bits per heavy atom. The van der Waals surface area contributed by atoms with Crippen LogP contribution in [0.1, 0.15) is 13.8 Å². The number of hydrogen-bond donors (Lipinski definition) is 5. The van der Waals surface area contributed by atoms with Crippen molar-refractivity contribution in [3.63, 3.8) is 0 Å². The Morgan fingerprint density at radius 3 is 2.71 bits per heavy atom. The zero-order valence-electron chi connectivity index (χ0n) is 15.6. The molecule has 0 fully saturated rings. The lowest BCUT2D eigenvalue weighted by Gasteiger charge is -2.12. The van der Waals surface area contributed by atoms with Crippen molar-refractivity contribution in [2.24, 2.45) is 0 Å². The van der Waals surface area contributed by atoms with Gasteiger partial charge in [-0.1, -0.05) is 24.2 Å². The molecule has 0 saturated carbocycles. The fourth-order valence-corrected chi connectivity index (χ4v) is 2.16. The molecule has 1 aromatic heterocycles. The van der Waals surface area contributed by atoms with E-state index in [2.05, 4.69) is 37.8 Å². The maximum absolute atomic E-state index is 11.4. The first-order valence-corrected chi connectivity index (χ1v) is 8.86. The van der Waals surface area contributed by atoms with E-state index < -0.39 is 0 Å². The summed E-state index contributed by atoms with van der Waals surface area (Å²) in [5.74, 6) is 0.362. The second kappa shape index (κ2) is 10.1. The van der Waals surface area contributed by atoms with Gasteiger partial charge in [-0.25, -0.2) is 4.98 Å². The van der Waals surface area contributed by atoms with Crippen LogP contribution in [0.15, 0.2) is 55.0 Å². The Kier molecular flexibility index (Phi) is 7.53. The number of nitrogens with one attached hydrogen (secondary N) is 5. The molecule has 8 nitrogen and oxygen atoms in total. The topological polar surface area (TPSA) is 115 Å². The number of anilines is 4. The third-order valence-electron chi connectivity index (χ3n) is 3.31. The molecule has 146 valence electrons. The van der Waals surface area contributed by atoms with E-state index in [1.54, 1.807) is 24.4 Å². The highest BCUT2D eigenvalue weighted by atomic mass is 35.5. The first kappa shape index (κ1) is 20.9. The Morgan fingerprint density at radius 2 is 2.04 bits per heavy atom. The molecule has 0 spiro atoms. The second-order valence-corrected chi connectivity index (χ2v) is 6.39. The molecular weight excluding hydrogens is 378 g/mol. The van der Waals surface area contributed by atoms with Crippen molar-refractivity contribution in [1.82, 2.24) is 15.3 Å². The van der Waals surface area contributed by atoms with Crippen LogP contribution in [0.4, 0.5) is 23.1 Å². The molecule has 0 aliphatic carbocycles. The van der Waals surface area contributed by atoms with Gasteiger partial charge in [0, 0.05) is 29.8 Å². The Bertz CT molecular complexity index is 896. The van der Waals surface area contributed by atoms with E-state index in [0.717, 1.165) is 6.21 Å². The summed E-state index contributed by atoms with van der Waals surface area (Å²) in [5, 5.41) is 19.6. The lowest BCUT2D eigenvalue weighted by atomic mass is 10.2. The van der Waals surface area contributed by atoms with Gasteiger partial charge >= 0.3 is 0 Å². The minimum Gasteiger partial charge on any atom is -0.387 e. The predicted octanol–water partition coefficient (Wildman–Crippen LogP) is 3.90. The van der Waals surface area contributed by atoms with Crippen LogP contribution in [-0.2, 0) is 4.79 Å². The first-order valence-electron chi connectivity index (χ1n) is 8.48. The van der Waals surface area contributed by atoms with Crippen molar-refractivity contribution in [2.75, 3.05) is 16.0 Å². The number of allylic oxidation sites excluding steroid dienone is 1. The van der Waals surface area contributed by atoms with Crippen LogP contribution >= 0.6 is 11.6 Å². The molecule has 0 unspecified atom stereocenters. The average molecular weight is 400 g/mol. The number of rotatable bonds is 9. The number of benzene rings is 1. The van der Waals surface area contributed by atoms with E-state index in [0.29, 0.717) is 27.9 Å². The number of hydrogen-bond acceptors (Lipinski definition) is 7. The van der Waals surface area contributed by atoms with Gasteiger partial charge < -0.3 is 26.7 Å². The fourth-order valence-electron chi connectivity index (χ4n) is 2.02. The molecule has 1 amide bonds. The smallest absolute Gasteiger partial charge is 0.247 e. The predicted molar refractivity (Wildman–Crippen MR) is 114 cm³/mol. The monoisotopic (exact) mass is 399 g/mol. The minimum absolute atomic E-state index is 0.231. The number of amides is 1. The first-order chi connectivity index (χ1) is 13.4. The summed E-state index contributed by atoms with van der Waals surface area (Å²) in [6.45, 7) is 7.41. The van der Waals surface area contributed by atoms with Crippen LogP contribution in [-0.4, -0.2) is 28.1 Å². The van der Waals surface area contributed by atoms with Crippen molar-refractivity contribution < 1.29 is 4.79 Å². The second-order valence-electron chi connectivity index (χ2n) is 5.98. The number of carbonyl (C=O) groups excluding carboxylic acids is 1. The summed E-state index contributed by atoms with van der Waals surface area (Å²) in [7, 11) is 0. The molecule has 0 bridgehead atoms. The van der Waals surface area contributed by atoms with E-state index in [1.807, 2.05) is 19.9 Å². The normalized spacial score (nSPS) is 10.9. The molecule has 28 heavy (non-hydrogen) atoms. The van der Waals surface area contributed by atoms with Crippen LogP contribution < -0.4 is 21.3 Å². The van der Waals surface area contributed by atoms with Crippen molar-refractivity contribution in [3.05, 3.63) is 60.0 Å². The summed E-state index contributed by atoms with van der Waals surface area (Å²) < 4.78 is 0. The zero-order chi connectivity index (χ0) is 20.5. The van der Waals surface area contributed by atoms with Crippen LogP contribution in [0.2, 0.25) is 5.02 Å². The van der Waals surface area contributed by atoms with E-state index in [4.69, 9.17) is 17.0 Å². The molecule has 0 saturated heterocycles. The van der Waals surface area contributed by atoms with Gasteiger partial charge in [0.15, 0.2) is 5.82 Å². The Hall–Kier alpha value is -3.39. The highest BCUT2D eigenvalue weighted by Gasteiger charge is 2.08. The minimum atomic E-state index is -0.301. The largest absolute Gasteiger partial charge is 0.387 e. The zero-order valence-corrected chi connectivity index (χ0v) is 16.3. The maximum Gasteiger partial charge on any atom is 0.247 e. The van der Waals surface area contributed by atoms with Crippen molar-refractivity contribution in [1.29, 1.82) is 5.41 Å². The standard InChI is InChI=1S/C19H22ClN7O/c1-4-17(28)24-13-6-5-7-14(8-13)25-18-16(20)11-23-19(27-18)26-15(9-21)10-22-12(2)3/h4-12,21-22H,1H2,2-3H3,(H,24,28)(H2,23,25,26,27)/b15-10+,21-9?. The number of aromatic nitrogens is 2. The summed E-state index contributed by atoms with van der Waals surface area (Å²) >= 11 is 6.20. The molecule has 9 heteroatoms. The third-order valence-corrected chi connectivity index (χ3v) is 3.58. The van der Waals surface area contributed by atoms with Gasteiger partial charge in [-0.05, 0) is 38.1 Å². The molecule has 0 aliphatic rings. The van der Waals surface area contributed by atoms with Gasteiger partial charge in [-0.15, -0.1) is 0 Å². The van der Waals surface area contributed by atoms with Crippen LogP contribution in [0.5, 0.6) is 0 Å². The van der Waals surface area contributed by atoms with E-state index in [-0.39, 0.29) is 17.9 Å². The molecule has 0 aliphatic heterocycles. The van der Waals surface area contributed by atoms with Crippen molar-refractivity contribution >= 4 is 46.9 Å². The van der Waals surface area contributed by atoms with E-state index >= 15 is 0 Å². The number of nitrogens with zero attached hydrogens (tertiary/aromatic N) is 2. The molecule has 0 atom stereocenters. The highest BCUT2D eigenvalue weighted by molar-refractivity contribution is 6.32. The third kappa shape index (κ3) is 6.40. The van der Waals surface area contributed by atoms with E-state index in [9.17, 15) is 4.79 Å². The van der Waals surface area contributed by atoms with Gasteiger partial charge in [-0.2, -0.15) is 4.98 Å². The number of carbonyl (C=O) groups is 1. The van der Waals surface area contributed by atoms with Crippen molar-refractivity contribution in [3.8, 4) is 0 Å². The maximum atomic E-state index is 11.4. The highest BCUT2D eigenvalue weighted by Crippen LogP contribution is 2.25. The van der Waals surface area contributed by atoms with Crippen LogP contribution in [0.25, 0.3) is 0 Å². The lowest BCUT2D eigenvalue weighted by molar-refractivity contribution is -0.111. The van der Waals surface area contributed by atoms with E-state index in [1.165, 1.54) is 12.3 Å². The Balaban J connectivity index is 2.18. The SMILES string of the molecule is C=CC(=O)Nc1cccc(Nc2nc(N/C(C=N)=C/NC(C)C)ncc2Cl)c1. The van der Waals surface area contributed by atoms with Crippen LogP contribution in [0.3, 0.4) is 0 Å². The molecule has 0 radical (unpaired) electrons. The number of halogens is 1. The van der Waals surface area contributed by atoms with Crippen LogP contribution in [0, 0.1) is 5.41 Å². The molecule has 2 rings (SSSR count). The van der Waals surface area contributed by atoms with Gasteiger partial charge in [-0.3, -0.25) is 4.79 Å². The van der Waals surface area contributed by atoms with Gasteiger partial charge in [0.25, 0.3) is 0 Å². The quantitative estimate of drug-likeness (QED) is 0.322. The average Bonchev–Trinajstić information content (AvgIpc) is 2.67. The molecule has 1 aromatic carbocycles. The van der Waals surface area contributed by atoms with Gasteiger partial charge in [0.05, 0.1) is 11.9 Å². The van der Waals surface area contributed by atoms with Gasteiger partial charge in [0.2, 0.25) is 11.9 Å². The fraction of sp³-hybridized carbons (Fsp3) is 0.158. The lowest BCUT2D eigenvalue weighted by Crippen LogP contribution is -2.18. The summed E-state index contributed by atoms with van der Waals surface area (Å²) in [6, 6.07) is 7.31. The molecular formula is C19H22ClN7O. The molecule has 5 N–H and O–H groups in total.